The van der Waals surface area contributed by atoms with Crippen molar-refractivity contribution in [1.82, 2.24) is 14.3 Å². The summed E-state index contributed by atoms with van der Waals surface area (Å²) in [5.41, 5.74) is -0.475. The Morgan fingerprint density at radius 1 is 1.19 bits per heavy atom. The largest absolute Gasteiger partial charge is 0.416 e. The summed E-state index contributed by atoms with van der Waals surface area (Å²) in [6, 6.07) is 8.73. The second kappa shape index (κ2) is 6.71. The minimum absolute atomic E-state index is 0.00606. The molecule has 10 heteroatoms. The van der Waals surface area contributed by atoms with Crippen molar-refractivity contribution >= 4 is 5.69 Å². The van der Waals surface area contributed by atoms with Crippen molar-refractivity contribution in [2.24, 2.45) is 0 Å². The average molecular weight is 378 g/mol. The SMILES string of the molecule is Cc1cc(Cn2cnn(-c3cccc(C(F)(F)F)c3)c2=O)ccc1[N+](=O)[O-]. The van der Waals surface area contributed by atoms with Gasteiger partial charge in [-0.15, -0.1) is 0 Å². The molecule has 3 rings (SSSR count). The van der Waals surface area contributed by atoms with Crippen LogP contribution in [0.5, 0.6) is 0 Å². The van der Waals surface area contributed by atoms with Gasteiger partial charge in [-0.1, -0.05) is 12.1 Å². The summed E-state index contributed by atoms with van der Waals surface area (Å²) < 4.78 is 40.6. The molecule has 0 saturated heterocycles. The molecule has 1 aromatic heterocycles. The molecule has 27 heavy (non-hydrogen) atoms. The van der Waals surface area contributed by atoms with Gasteiger partial charge in [-0.05, 0) is 36.8 Å². The van der Waals surface area contributed by atoms with Crippen molar-refractivity contribution in [2.45, 2.75) is 19.6 Å². The van der Waals surface area contributed by atoms with Crippen molar-refractivity contribution in [2.75, 3.05) is 0 Å². The molecule has 0 aliphatic carbocycles. The molecule has 0 saturated carbocycles. The van der Waals surface area contributed by atoms with Crippen LogP contribution < -0.4 is 5.69 Å². The molecule has 0 amide bonds. The second-order valence-corrected chi connectivity index (χ2v) is 5.88. The molecule has 0 bridgehead atoms. The van der Waals surface area contributed by atoms with Gasteiger partial charge in [0, 0.05) is 11.6 Å². The highest BCUT2D eigenvalue weighted by Gasteiger charge is 2.30. The van der Waals surface area contributed by atoms with Crippen LogP contribution in [0.25, 0.3) is 5.69 Å². The van der Waals surface area contributed by atoms with Crippen LogP contribution in [0.2, 0.25) is 0 Å². The predicted octanol–water partition coefficient (Wildman–Crippen LogP) is 3.32. The monoisotopic (exact) mass is 378 g/mol. The molecule has 0 radical (unpaired) electrons. The summed E-state index contributed by atoms with van der Waals surface area (Å²) in [6.07, 6.45) is -3.32. The highest BCUT2D eigenvalue weighted by Crippen LogP contribution is 2.30. The van der Waals surface area contributed by atoms with Crippen LogP contribution in [0.15, 0.2) is 53.6 Å². The summed E-state index contributed by atoms with van der Waals surface area (Å²) in [5.74, 6) is 0. The number of alkyl halides is 3. The van der Waals surface area contributed by atoms with Crippen molar-refractivity contribution < 1.29 is 18.1 Å². The van der Waals surface area contributed by atoms with E-state index in [1.54, 1.807) is 13.0 Å². The molecule has 0 aliphatic heterocycles. The fraction of sp³-hybridized carbons (Fsp3) is 0.176. The summed E-state index contributed by atoms with van der Waals surface area (Å²) in [6.45, 7) is 1.66. The first kappa shape index (κ1) is 18.4. The van der Waals surface area contributed by atoms with Crippen LogP contribution in [0, 0.1) is 17.0 Å². The van der Waals surface area contributed by atoms with E-state index in [0.717, 1.165) is 16.8 Å². The number of nitrogens with zero attached hydrogens (tertiary/aromatic N) is 4. The van der Waals surface area contributed by atoms with Gasteiger partial charge in [-0.3, -0.25) is 14.7 Å². The van der Waals surface area contributed by atoms with Gasteiger partial charge < -0.3 is 0 Å². The van der Waals surface area contributed by atoms with E-state index in [9.17, 15) is 28.1 Å². The Morgan fingerprint density at radius 2 is 1.93 bits per heavy atom. The lowest BCUT2D eigenvalue weighted by atomic mass is 10.1. The van der Waals surface area contributed by atoms with Crippen LogP contribution in [0.3, 0.4) is 0 Å². The van der Waals surface area contributed by atoms with Gasteiger partial charge in [0.05, 0.1) is 22.7 Å². The third-order valence-corrected chi connectivity index (χ3v) is 3.96. The maximum atomic E-state index is 12.8. The maximum Gasteiger partial charge on any atom is 0.416 e. The third-order valence-electron chi connectivity index (χ3n) is 3.96. The van der Waals surface area contributed by atoms with Crippen LogP contribution in [0.1, 0.15) is 16.7 Å². The standard InChI is InChI=1S/C17H13F3N4O3/c1-11-7-12(5-6-15(11)24(26)27)9-22-10-21-23(16(22)25)14-4-2-3-13(8-14)17(18,19)20/h2-8,10H,9H2,1H3. The summed E-state index contributed by atoms with van der Waals surface area (Å²) in [4.78, 5) is 22.8. The molecule has 7 nitrogen and oxygen atoms in total. The first-order valence-corrected chi connectivity index (χ1v) is 7.73. The fourth-order valence-electron chi connectivity index (χ4n) is 2.65. The zero-order chi connectivity index (χ0) is 19.8. The van der Waals surface area contributed by atoms with Crippen molar-refractivity contribution in [3.05, 3.63) is 86.1 Å². The predicted molar refractivity (Wildman–Crippen MR) is 89.8 cm³/mol. The van der Waals surface area contributed by atoms with Crippen molar-refractivity contribution in [3.63, 3.8) is 0 Å². The number of hydrogen-bond acceptors (Lipinski definition) is 4. The van der Waals surface area contributed by atoms with Gasteiger partial charge in [0.25, 0.3) is 5.69 Å². The Balaban J connectivity index is 1.92. The first-order chi connectivity index (χ1) is 12.7. The Kier molecular flexibility index (Phi) is 4.56. The molecular formula is C17H13F3N4O3. The van der Waals surface area contributed by atoms with Crippen molar-refractivity contribution in [1.29, 1.82) is 0 Å². The summed E-state index contributed by atoms with van der Waals surface area (Å²) in [5, 5.41) is 14.7. The van der Waals surface area contributed by atoms with Gasteiger partial charge in [0.1, 0.15) is 6.33 Å². The molecule has 1 heterocycles. The zero-order valence-electron chi connectivity index (χ0n) is 14.0. The van der Waals surface area contributed by atoms with Gasteiger partial charge >= 0.3 is 11.9 Å². The highest BCUT2D eigenvalue weighted by atomic mass is 19.4. The van der Waals surface area contributed by atoms with Crippen LogP contribution in [-0.4, -0.2) is 19.3 Å². The van der Waals surface area contributed by atoms with E-state index in [2.05, 4.69) is 5.10 Å². The van der Waals surface area contributed by atoms with Gasteiger partial charge in [-0.2, -0.15) is 23.0 Å². The molecular weight excluding hydrogens is 365 g/mol. The Hall–Kier alpha value is -3.43. The molecule has 0 atom stereocenters. The number of aromatic nitrogens is 3. The maximum absolute atomic E-state index is 12.8. The third kappa shape index (κ3) is 3.73. The van der Waals surface area contributed by atoms with Gasteiger partial charge in [0.15, 0.2) is 0 Å². The topological polar surface area (TPSA) is 83.0 Å². The lowest BCUT2D eigenvalue weighted by molar-refractivity contribution is -0.385. The first-order valence-electron chi connectivity index (χ1n) is 7.73. The average Bonchev–Trinajstić information content (AvgIpc) is 2.95. The Morgan fingerprint density at radius 3 is 2.56 bits per heavy atom. The number of nitro groups is 1. The number of aryl methyl sites for hydroxylation is 1. The molecule has 140 valence electrons. The molecule has 2 aromatic carbocycles. The van der Waals surface area contributed by atoms with E-state index in [-0.39, 0.29) is 17.9 Å². The molecule has 0 unspecified atom stereocenters. The second-order valence-electron chi connectivity index (χ2n) is 5.88. The number of nitro benzene ring substituents is 1. The number of rotatable bonds is 4. The lowest BCUT2D eigenvalue weighted by Gasteiger charge is -2.08. The lowest BCUT2D eigenvalue weighted by Crippen LogP contribution is -2.24. The molecule has 0 fully saturated rings. The molecule has 0 spiro atoms. The van der Waals surface area contributed by atoms with E-state index in [4.69, 9.17) is 0 Å². The fourth-order valence-corrected chi connectivity index (χ4v) is 2.65. The van der Waals surface area contributed by atoms with E-state index in [0.29, 0.717) is 11.1 Å². The van der Waals surface area contributed by atoms with Gasteiger partial charge in [-0.25, -0.2) is 4.79 Å². The van der Waals surface area contributed by atoms with Crippen molar-refractivity contribution in [3.8, 4) is 5.69 Å². The number of hydrogen-bond donors (Lipinski definition) is 0. The van der Waals surface area contributed by atoms with E-state index in [1.807, 2.05) is 0 Å². The molecule has 3 aromatic rings. The van der Waals surface area contributed by atoms with E-state index < -0.39 is 22.4 Å². The Labute approximate surface area is 150 Å². The quantitative estimate of drug-likeness (QED) is 0.515. The van der Waals surface area contributed by atoms with E-state index in [1.165, 1.54) is 35.2 Å². The van der Waals surface area contributed by atoms with Crippen LogP contribution >= 0.6 is 0 Å². The van der Waals surface area contributed by atoms with Crippen LogP contribution in [-0.2, 0) is 12.7 Å². The molecule has 0 N–H and O–H groups in total. The molecule has 0 aliphatic rings. The Bertz CT molecular complexity index is 1070. The number of halogens is 3. The highest BCUT2D eigenvalue weighted by molar-refractivity contribution is 5.42. The van der Waals surface area contributed by atoms with Crippen LogP contribution in [0.4, 0.5) is 18.9 Å². The summed E-state index contributed by atoms with van der Waals surface area (Å²) >= 11 is 0. The zero-order valence-corrected chi connectivity index (χ0v) is 14.0. The minimum Gasteiger partial charge on any atom is -0.277 e. The smallest absolute Gasteiger partial charge is 0.277 e. The number of benzene rings is 2. The van der Waals surface area contributed by atoms with E-state index >= 15 is 0 Å². The van der Waals surface area contributed by atoms with Gasteiger partial charge in [0.2, 0.25) is 0 Å². The normalized spacial score (nSPS) is 11.6. The minimum atomic E-state index is -4.53. The summed E-state index contributed by atoms with van der Waals surface area (Å²) in [7, 11) is 0.